The van der Waals surface area contributed by atoms with Crippen LogP contribution in [0.5, 0.6) is 0 Å². The molecule has 0 fully saturated rings. The molecule has 0 saturated carbocycles. The van der Waals surface area contributed by atoms with E-state index in [2.05, 4.69) is 27.7 Å². The SMILES string of the molecule is CCCCCCCCCCCC(=O)OC[C@@H](COC(=O)CCCCCCCCCCCCCCCCCCCCC(C)C)OC(=O)CCCCCCCCCCC. The average molecular weight is 807 g/mol. The number of unbranched alkanes of at least 4 members (excludes halogenated alkanes) is 33. The molecule has 0 aromatic rings. The number of hydrogen-bond acceptors (Lipinski definition) is 6. The average Bonchev–Trinajstić information content (AvgIpc) is 3.19. The van der Waals surface area contributed by atoms with Gasteiger partial charge in [-0.25, -0.2) is 0 Å². The Labute approximate surface area is 355 Å². The van der Waals surface area contributed by atoms with E-state index in [0.29, 0.717) is 19.3 Å². The molecule has 57 heavy (non-hydrogen) atoms. The van der Waals surface area contributed by atoms with Gasteiger partial charge in [0, 0.05) is 19.3 Å². The first kappa shape index (κ1) is 55.4. The van der Waals surface area contributed by atoms with Crippen LogP contribution in [0.4, 0.5) is 0 Å². The van der Waals surface area contributed by atoms with E-state index in [9.17, 15) is 14.4 Å². The molecule has 0 N–H and O–H groups in total. The Morgan fingerprint density at radius 3 is 0.860 bits per heavy atom. The van der Waals surface area contributed by atoms with Crippen molar-refractivity contribution in [2.75, 3.05) is 13.2 Å². The van der Waals surface area contributed by atoms with E-state index in [4.69, 9.17) is 14.2 Å². The number of carbonyl (C=O) groups is 3. The molecule has 0 heterocycles. The van der Waals surface area contributed by atoms with Gasteiger partial charge >= 0.3 is 17.9 Å². The maximum absolute atomic E-state index is 12.7. The summed E-state index contributed by atoms with van der Waals surface area (Å²) < 4.78 is 16.7. The normalized spacial score (nSPS) is 11.9. The molecular weight excluding hydrogens is 709 g/mol. The molecule has 0 bridgehead atoms. The minimum Gasteiger partial charge on any atom is -0.462 e. The summed E-state index contributed by atoms with van der Waals surface area (Å²) in [5.41, 5.74) is 0. The number of hydrogen-bond donors (Lipinski definition) is 0. The van der Waals surface area contributed by atoms with Crippen LogP contribution in [0.15, 0.2) is 0 Å². The van der Waals surface area contributed by atoms with Gasteiger partial charge in [0.1, 0.15) is 13.2 Å². The van der Waals surface area contributed by atoms with Gasteiger partial charge in [0.15, 0.2) is 6.10 Å². The van der Waals surface area contributed by atoms with Gasteiger partial charge in [0.2, 0.25) is 0 Å². The molecule has 6 heteroatoms. The van der Waals surface area contributed by atoms with Crippen molar-refractivity contribution in [1.82, 2.24) is 0 Å². The fourth-order valence-corrected chi connectivity index (χ4v) is 7.69. The lowest BCUT2D eigenvalue weighted by Crippen LogP contribution is -2.30. The van der Waals surface area contributed by atoms with Crippen LogP contribution in [0.2, 0.25) is 0 Å². The Bertz CT molecular complexity index is 857. The van der Waals surface area contributed by atoms with Crippen LogP contribution >= 0.6 is 0 Å². The summed E-state index contributed by atoms with van der Waals surface area (Å²) in [7, 11) is 0. The molecule has 0 aromatic carbocycles. The minimum absolute atomic E-state index is 0.0632. The minimum atomic E-state index is -0.758. The smallest absolute Gasteiger partial charge is 0.306 e. The second-order valence-electron chi connectivity index (χ2n) is 17.9. The number of carbonyl (C=O) groups excluding carboxylic acids is 3. The van der Waals surface area contributed by atoms with Crippen molar-refractivity contribution in [1.29, 1.82) is 0 Å². The summed E-state index contributed by atoms with van der Waals surface area (Å²) in [5, 5.41) is 0. The van der Waals surface area contributed by atoms with Crippen LogP contribution in [0, 0.1) is 5.92 Å². The molecule has 0 rings (SSSR count). The molecule has 0 radical (unpaired) electrons. The predicted octanol–water partition coefficient (Wildman–Crippen LogP) is 16.3. The van der Waals surface area contributed by atoms with E-state index in [1.807, 2.05) is 0 Å². The molecule has 0 aliphatic carbocycles. The van der Waals surface area contributed by atoms with Crippen LogP contribution in [-0.4, -0.2) is 37.2 Å². The first-order chi connectivity index (χ1) is 27.9. The zero-order chi connectivity index (χ0) is 41.7. The summed E-state index contributed by atoms with van der Waals surface area (Å²) in [5.74, 6) is 0.00673. The third-order valence-electron chi connectivity index (χ3n) is 11.5. The number of esters is 3. The Balaban J connectivity index is 4.12. The van der Waals surface area contributed by atoms with Crippen LogP contribution in [0.1, 0.15) is 285 Å². The van der Waals surface area contributed by atoms with Crippen molar-refractivity contribution in [3.05, 3.63) is 0 Å². The van der Waals surface area contributed by atoms with Crippen molar-refractivity contribution >= 4 is 17.9 Å². The molecule has 0 spiro atoms. The Morgan fingerprint density at radius 2 is 0.579 bits per heavy atom. The highest BCUT2D eigenvalue weighted by Gasteiger charge is 2.19. The van der Waals surface area contributed by atoms with Gasteiger partial charge < -0.3 is 14.2 Å². The standard InChI is InChI=1S/C51H98O6/c1-5-7-9-11-13-25-30-34-38-42-49(52)55-45-48(57-51(54)44-40-36-32-26-14-12-10-8-6-2)46-56-50(53)43-39-35-31-28-24-22-20-18-16-15-17-19-21-23-27-29-33-37-41-47(3)4/h47-48H,5-46H2,1-4H3/t48-/m0/s1. The monoisotopic (exact) mass is 807 g/mol. The largest absolute Gasteiger partial charge is 0.462 e. The zero-order valence-corrected chi connectivity index (χ0v) is 38.8. The molecule has 0 aliphatic rings. The van der Waals surface area contributed by atoms with E-state index in [1.54, 1.807) is 0 Å². The molecule has 0 aliphatic heterocycles. The summed E-state index contributed by atoms with van der Waals surface area (Å²) in [4.78, 5) is 37.7. The lowest BCUT2D eigenvalue weighted by molar-refractivity contribution is -0.167. The van der Waals surface area contributed by atoms with Crippen LogP contribution in [0.25, 0.3) is 0 Å². The molecule has 0 amide bonds. The summed E-state index contributed by atoms with van der Waals surface area (Å²) in [6.45, 7) is 9.00. The third kappa shape index (κ3) is 45.3. The van der Waals surface area contributed by atoms with Crippen molar-refractivity contribution in [2.45, 2.75) is 291 Å². The highest BCUT2D eigenvalue weighted by atomic mass is 16.6. The van der Waals surface area contributed by atoms with Gasteiger partial charge in [-0.1, -0.05) is 246 Å². The van der Waals surface area contributed by atoms with Crippen molar-refractivity contribution in [3.63, 3.8) is 0 Å². The van der Waals surface area contributed by atoms with Gasteiger partial charge in [0.05, 0.1) is 0 Å². The molecule has 0 saturated heterocycles. The summed E-state index contributed by atoms with van der Waals surface area (Å²) >= 11 is 0. The van der Waals surface area contributed by atoms with Crippen molar-refractivity contribution in [3.8, 4) is 0 Å². The van der Waals surface area contributed by atoms with E-state index < -0.39 is 6.10 Å². The highest BCUT2D eigenvalue weighted by molar-refractivity contribution is 5.71. The quantitative estimate of drug-likeness (QED) is 0.0346. The topological polar surface area (TPSA) is 78.9 Å². The number of ether oxygens (including phenoxy) is 3. The van der Waals surface area contributed by atoms with E-state index in [-0.39, 0.29) is 31.1 Å². The first-order valence-corrected chi connectivity index (χ1v) is 25.4. The Morgan fingerprint density at radius 1 is 0.333 bits per heavy atom. The lowest BCUT2D eigenvalue weighted by Gasteiger charge is -2.18. The van der Waals surface area contributed by atoms with Gasteiger partial charge in [-0.3, -0.25) is 14.4 Å². The van der Waals surface area contributed by atoms with Crippen LogP contribution in [-0.2, 0) is 28.6 Å². The second kappa shape index (κ2) is 45.5. The number of rotatable bonds is 46. The molecule has 0 aromatic heterocycles. The maximum atomic E-state index is 12.7. The molecular formula is C51H98O6. The zero-order valence-electron chi connectivity index (χ0n) is 38.8. The Hall–Kier alpha value is -1.59. The van der Waals surface area contributed by atoms with Crippen molar-refractivity contribution in [2.24, 2.45) is 5.92 Å². The predicted molar refractivity (Wildman–Crippen MR) is 243 cm³/mol. The van der Waals surface area contributed by atoms with Gasteiger partial charge in [-0.2, -0.15) is 0 Å². The van der Waals surface area contributed by atoms with E-state index in [0.717, 1.165) is 63.7 Å². The van der Waals surface area contributed by atoms with Gasteiger partial charge in [-0.15, -0.1) is 0 Å². The van der Waals surface area contributed by atoms with E-state index >= 15 is 0 Å². The van der Waals surface area contributed by atoms with Crippen molar-refractivity contribution < 1.29 is 28.6 Å². The summed E-state index contributed by atoms with van der Waals surface area (Å²) in [6.07, 6.45) is 46.7. The third-order valence-corrected chi connectivity index (χ3v) is 11.5. The van der Waals surface area contributed by atoms with E-state index in [1.165, 1.54) is 180 Å². The van der Waals surface area contributed by atoms with Gasteiger partial charge in [-0.05, 0) is 25.2 Å². The first-order valence-electron chi connectivity index (χ1n) is 25.4. The fourth-order valence-electron chi connectivity index (χ4n) is 7.69. The molecule has 0 unspecified atom stereocenters. The highest BCUT2D eigenvalue weighted by Crippen LogP contribution is 2.17. The van der Waals surface area contributed by atoms with Crippen LogP contribution < -0.4 is 0 Å². The summed E-state index contributed by atoms with van der Waals surface area (Å²) in [6, 6.07) is 0. The fraction of sp³-hybridized carbons (Fsp3) is 0.941. The molecule has 1 atom stereocenters. The second-order valence-corrected chi connectivity index (χ2v) is 17.9. The molecule has 6 nitrogen and oxygen atoms in total. The lowest BCUT2D eigenvalue weighted by atomic mass is 10.0. The van der Waals surface area contributed by atoms with Crippen LogP contribution in [0.3, 0.4) is 0 Å². The van der Waals surface area contributed by atoms with Gasteiger partial charge in [0.25, 0.3) is 0 Å². The maximum Gasteiger partial charge on any atom is 0.306 e. The Kier molecular flexibility index (Phi) is 44.2. The molecule has 338 valence electrons.